The molecule has 0 unspecified atom stereocenters. The lowest BCUT2D eigenvalue weighted by Gasteiger charge is -2.15. The second-order valence-corrected chi connectivity index (χ2v) is 4.68. The summed E-state index contributed by atoms with van der Waals surface area (Å²) in [4.78, 5) is 11.2. The average Bonchev–Trinajstić information content (AvgIpc) is 2.51. The van der Waals surface area contributed by atoms with Crippen LogP contribution < -0.4 is 9.47 Å². The Kier molecular flexibility index (Phi) is 3.14. The first-order valence-electron chi connectivity index (χ1n) is 6.47. The van der Waals surface area contributed by atoms with E-state index in [4.69, 9.17) is 9.47 Å². The number of ether oxygens (including phenoxy) is 2. The van der Waals surface area contributed by atoms with Crippen molar-refractivity contribution >= 4 is 27.5 Å². The van der Waals surface area contributed by atoms with E-state index in [2.05, 4.69) is 0 Å². The molecule has 0 aromatic heterocycles. The molecule has 3 aromatic carbocycles. The van der Waals surface area contributed by atoms with Crippen LogP contribution in [0.15, 0.2) is 42.5 Å². The molecule has 0 heterocycles. The Morgan fingerprint density at radius 3 is 1.90 bits per heavy atom. The molecule has 0 spiro atoms. The third-order valence-corrected chi connectivity index (χ3v) is 3.58. The molecule has 0 atom stereocenters. The van der Waals surface area contributed by atoms with Gasteiger partial charge in [-0.3, -0.25) is 0 Å². The quantitative estimate of drug-likeness (QED) is 0.744. The molecule has 0 saturated carbocycles. The third kappa shape index (κ3) is 1.96. The molecule has 0 fully saturated rings. The first-order valence-corrected chi connectivity index (χ1v) is 6.47. The van der Waals surface area contributed by atoms with Crippen molar-refractivity contribution in [3.05, 3.63) is 48.0 Å². The van der Waals surface area contributed by atoms with Crippen molar-refractivity contribution < 1.29 is 19.4 Å². The standard InChI is InChI=1S/C17H14O4/c1-20-15-11-5-3-4-6-12(11)16(21-2)14-9-10(17(18)19)7-8-13(14)15/h3-9H,1-2H3,(H,18,19). The van der Waals surface area contributed by atoms with E-state index in [1.807, 2.05) is 24.3 Å². The maximum absolute atomic E-state index is 11.2. The number of carboxylic acid groups (broad SMARTS) is 1. The second-order valence-electron chi connectivity index (χ2n) is 4.68. The minimum Gasteiger partial charge on any atom is -0.495 e. The molecular weight excluding hydrogens is 268 g/mol. The van der Waals surface area contributed by atoms with Crippen molar-refractivity contribution in [2.75, 3.05) is 14.2 Å². The van der Waals surface area contributed by atoms with Gasteiger partial charge in [-0.2, -0.15) is 0 Å². The van der Waals surface area contributed by atoms with Gasteiger partial charge in [0.2, 0.25) is 0 Å². The van der Waals surface area contributed by atoms with E-state index < -0.39 is 5.97 Å². The van der Waals surface area contributed by atoms with E-state index in [9.17, 15) is 9.90 Å². The lowest BCUT2D eigenvalue weighted by atomic mass is 9.99. The number of methoxy groups -OCH3 is 2. The normalized spacial score (nSPS) is 10.8. The lowest BCUT2D eigenvalue weighted by molar-refractivity contribution is 0.0697. The fourth-order valence-electron chi connectivity index (χ4n) is 2.67. The summed E-state index contributed by atoms with van der Waals surface area (Å²) in [5, 5.41) is 12.6. The predicted octanol–water partition coefficient (Wildman–Crippen LogP) is 3.71. The van der Waals surface area contributed by atoms with Crippen LogP contribution in [0, 0.1) is 0 Å². The van der Waals surface area contributed by atoms with Gasteiger partial charge in [0.15, 0.2) is 0 Å². The van der Waals surface area contributed by atoms with Gasteiger partial charge < -0.3 is 14.6 Å². The molecule has 0 aliphatic heterocycles. The maximum Gasteiger partial charge on any atom is 0.335 e. The molecule has 0 bridgehead atoms. The van der Waals surface area contributed by atoms with Crippen molar-refractivity contribution in [2.45, 2.75) is 0 Å². The first-order chi connectivity index (χ1) is 10.2. The number of fused-ring (bicyclic) bond motifs is 2. The van der Waals surface area contributed by atoms with Crippen molar-refractivity contribution in [2.24, 2.45) is 0 Å². The summed E-state index contributed by atoms with van der Waals surface area (Å²) in [6.45, 7) is 0. The highest BCUT2D eigenvalue weighted by Gasteiger charge is 2.16. The molecular formula is C17H14O4. The molecule has 0 radical (unpaired) electrons. The zero-order valence-corrected chi connectivity index (χ0v) is 11.7. The Bertz CT molecular complexity index is 852. The Labute approximate surface area is 121 Å². The number of carboxylic acids is 1. The topological polar surface area (TPSA) is 55.8 Å². The largest absolute Gasteiger partial charge is 0.495 e. The van der Waals surface area contributed by atoms with E-state index in [0.29, 0.717) is 5.75 Å². The highest BCUT2D eigenvalue weighted by Crippen LogP contribution is 2.42. The molecule has 21 heavy (non-hydrogen) atoms. The molecule has 106 valence electrons. The minimum atomic E-state index is -0.967. The Morgan fingerprint density at radius 2 is 1.38 bits per heavy atom. The van der Waals surface area contributed by atoms with Gasteiger partial charge in [0.1, 0.15) is 11.5 Å². The van der Waals surface area contributed by atoms with Gasteiger partial charge in [-0.25, -0.2) is 4.79 Å². The van der Waals surface area contributed by atoms with Gasteiger partial charge in [0.25, 0.3) is 0 Å². The van der Waals surface area contributed by atoms with Gasteiger partial charge in [-0.05, 0) is 18.2 Å². The number of rotatable bonds is 3. The lowest BCUT2D eigenvalue weighted by Crippen LogP contribution is -1.98. The fourth-order valence-corrected chi connectivity index (χ4v) is 2.67. The van der Waals surface area contributed by atoms with E-state index in [1.165, 1.54) is 0 Å². The van der Waals surface area contributed by atoms with Gasteiger partial charge in [-0.15, -0.1) is 0 Å². The monoisotopic (exact) mass is 282 g/mol. The number of aromatic carboxylic acids is 1. The van der Waals surface area contributed by atoms with Crippen LogP contribution in [0.4, 0.5) is 0 Å². The highest BCUT2D eigenvalue weighted by atomic mass is 16.5. The van der Waals surface area contributed by atoms with Gasteiger partial charge in [0.05, 0.1) is 19.8 Å². The van der Waals surface area contributed by atoms with Gasteiger partial charge >= 0.3 is 5.97 Å². The molecule has 4 heteroatoms. The Hall–Kier alpha value is -2.75. The zero-order chi connectivity index (χ0) is 15.0. The van der Waals surface area contributed by atoms with Crippen molar-refractivity contribution in [1.82, 2.24) is 0 Å². The summed E-state index contributed by atoms with van der Waals surface area (Å²) < 4.78 is 11.1. The highest BCUT2D eigenvalue weighted by molar-refractivity contribution is 6.12. The van der Waals surface area contributed by atoms with Crippen LogP contribution in [-0.2, 0) is 0 Å². The van der Waals surface area contributed by atoms with Crippen LogP contribution in [-0.4, -0.2) is 25.3 Å². The fraction of sp³-hybridized carbons (Fsp3) is 0.118. The van der Waals surface area contributed by atoms with Crippen molar-refractivity contribution in [3.63, 3.8) is 0 Å². The third-order valence-electron chi connectivity index (χ3n) is 3.58. The number of hydrogen-bond donors (Lipinski definition) is 1. The summed E-state index contributed by atoms with van der Waals surface area (Å²) >= 11 is 0. The van der Waals surface area contributed by atoms with Gasteiger partial charge in [-0.1, -0.05) is 24.3 Å². The number of carbonyl (C=O) groups is 1. The molecule has 3 aromatic rings. The van der Waals surface area contributed by atoms with Crippen LogP contribution in [0.3, 0.4) is 0 Å². The van der Waals surface area contributed by atoms with E-state index >= 15 is 0 Å². The number of hydrogen-bond acceptors (Lipinski definition) is 3. The maximum atomic E-state index is 11.2. The van der Waals surface area contributed by atoms with E-state index in [1.54, 1.807) is 32.4 Å². The second kappa shape index (κ2) is 4.98. The van der Waals surface area contributed by atoms with E-state index in [-0.39, 0.29) is 5.56 Å². The zero-order valence-electron chi connectivity index (χ0n) is 11.7. The van der Waals surface area contributed by atoms with Crippen LogP contribution in [0.1, 0.15) is 10.4 Å². The average molecular weight is 282 g/mol. The first kappa shape index (κ1) is 13.2. The summed E-state index contributed by atoms with van der Waals surface area (Å²) in [5.74, 6) is 0.411. The molecule has 4 nitrogen and oxygen atoms in total. The summed E-state index contributed by atoms with van der Waals surface area (Å²) in [6.07, 6.45) is 0. The summed E-state index contributed by atoms with van der Waals surface area (Å²) in [6, 6.07) is 12.7. The van der Waals surface area contributed by atoms with Crippen molar-refractivity contribution in [1.29, 1.82) is 0 Å². The minimum absolute atomic E-state index is 0.220. The molecule has 1 N–H and O–H groups in total. The van der Waals surface area contributed by atoms with Crippen LogP contribution in [0.5, 0.6) is 11.5 Å². The molecule has 0 amide bonds. The summed E-state index contributed by atoms with van der Waals surface area (Å²) in [7, 11) is 3.19. The SMILES string of the molecule is COc1c2ccccc2c(OC)c2cc(C(=O)O)ccc12. The molecule has 0 aliphatic rings. The number of benzene rings is 3. The van der Waals surface area contributed by atoms with E-state index in [0.717, 1.165) is 27.3 Å². The molecule has 3 rings (SSSR count). The summed E-state index contributed by atoms with van der Waals surface area (Å²) in [5.41, 5.74) is 0.220. The Balaban J connectivity index is 2.54. The Morgan fingerprint density at radius 1 is 0.857 bits per heavy atom. The van der Waals surface area contributed by atoms with Crippen molar-refractivity contribution in [3.8, 4) is 11.5 Å². The predicted molar refractivity (Wildman–Crippen MR) is 81.5 cm³/mol. The van der Waals surface area contributed by atoms with Crippen LogP contribution in [0.25, 0.3) is 21.5 Å². The smallest absolute Gasteiger partial charge is 0.335 e. The van der Waals surface area contributed by atoms with Gasteiger partial charge in [0, 0.05) is 21.5 Å². The van der Waals surface area contributed by atoms with Crippen LogP contribution >= 0.6 is 0 Å². The van der Waals surface area contributed by atoms with Crippen LogP contribution in [0.2, 0.25) is 0 Å². The molecule has 0 saturated heterocycles. The molecule has 0 aliphatic carbocycles.